The van der Waals surface area contributed by atoms with Crippen LogP contribution in [0, 0.1) is 0 Å². The molecule has 136 valence electrons. The van der Waals surface area contributed by atoms with Gasteiger partial charge in [0.25, 0.3) is 11.5 Å². The van der Waals surface area contributed by atoms with Crippen LogP contribution in [0.25, 0.3) is 21.8 Å². The standard InChI is InChI=1S/C21H20N4O2/c1-3-25-12-16(14-8-5-7-11-18(14)25)21(27)24(2)13-19-22-17-10-6-4-9-15(17)20(26)23-19/h4-12H,3,13H2,1-2H3,(H,22,23,26). The average Bonchev–Trinajstić information content (AvgIpc) is 3.06. The molecule has 1 N–H and O–H groups in total. The molecule has 1 amide bonds. The molecule has 27 heavy (non-hydrogen) atoms. The normalized spacial score (nSPS) is 11.2. The highest BCUT2D eigenvalue weighted by Gasteiger charge is 2.19. The Hall–Kier alpha value is -3.41. The van der Waals surface area contributed by atoms with Crippen molar-refractivity contribution < 1.29 is 4.79 Å². The van der Waals surface area contributed by atoms with Gasteiger partial charge in [0.05, 0.1) is 23.0 Å². The van der Waals surface area contributed by atoms with E-state index in [9.17, 15) is 9.59 Å². The van der Waals surface area contributed by atoms with E-state index >= 15 is 0 Å². The third kappa shape index (κ3) is 2.99. The molecular weight excluding hydrogens is 340 g/mol. The zero-order valence-corrected chi connectivity index (χ0v) is 15.3. The summed E-state index contributed by atoms with van der Waals surface area (Å²) in [5.74, 6) is 0.364. The zero-order valence-electron chi connectivity index (χ0n) is 15.3. The van der Waals surface area contributed by atoms with Gasteiger partial charge in [0.1, 0.15) is 5.82 Å². The molecule has 4 aromatic rings. The molecule has 0 radical (unpaired) electrons. The van der Waals surface area contributed by atoms with Gasteiger partial charge in [-0.25, -0.2) is 4.98 Å². The van der Waals surface area contributed by atoms with Gasteiger partial charge in [0.15, 0.2) is 0 Å². The fraction of sp³-hybridized carbons (Fsp3) is 0.190. The second-order valence-electron chi connectivity index (χ2n) is 6.54. The quantitative estimate of drug-likeness (QED) is 0.608. The lowest BCUT2D eigenvalue weighted by atomic mass is 10.1. The van der Waals surface area contributed by atoms with Crippen LogP contribution in [-0.4, -0.2) is 32.4 Å². The molecule has 0 saturated carbocycles. The number of fused-ring (bicyclic) bond motifs is 2. The number of hydrogen-bond donors (Lipinski definition) is 1. The topological polar surface area (TPSA) is 71.0 Å². The van der Waals surface area contributed by atoms with E-state index in [1.165, 1.54) is 0 Å². The van der Waals surface area contributed by atoms with Gasteiger partial charge >= 0.3 is 0 Å². The maximum Gasteiger partial charge on any atom is 0.258 e. The minimum Gasteiger partial charge on any atom is -0.347 e. The molecule has 2 heterocycles. The van der Waals surface area contributed by atoms with Crippen molar-refractivity contribution in [2.24, 2.45) is 0 Å². The summed E-state index contributed by atoms with van der Waals surface area (Å²) < 4.78 is 2.06. The monoisotopic (exact) mass is 360 g/mol. The largest absolute Gasteiger partial charge is 0.347 e. The van der Waals surface area contributed by atoms with Gasteiger partial charge in [-0.3, -0.25) is 9.59 Å². The van der Waals surface area contributed by atoms with E-state index in [0.29, 0.717) is 22.3 Å². The number of aryl methyl sites for hydroxylation is 1. The second-order valence-corrected chi connectivity index (χ2v) is 6.54. The predicted molar refractivity (Wildman–Crippen MR) is 106 cm³/mol. The first kappa shape index (κ1) is 17.0. The molecule has 0 spiro atoms. The molecule has 6 nitrogen and oxygen atoms in total. The summed E-state index contributed by atoms with van der Waals surface area (Å²) in [6.45, 7) is 3.07. The van der Waals surface area contributed by atoms with Crippen molar-refractivity contribution in [2.45, 2.75) is 20.0 Å². The molecule has 0 bridgehead atoms. The van der Waals surface area contributed by atoms with Crippen LogP contribution in [0.2, 0.25) is 0 Å². The lowest BCUT2D eigenvalue weighted by molar-refractivity contribution is 0.0783. The summed E-state index contributed by atoms with van der Waals surface area (Å²) in [5.41, 5.74) is 2.12. The molecule has 0 atom stereocenters. The van der Waals surface area contributed by atoms with Crippen LogP contribution in [0.5, 0.6) is 0 Å². The number of nitrogens with zero attached hydrogens (tertiary/aromatic N) is 3. The molecule has 0 unspecified atom stereocenters. The fourth-order valence-corrected chi connectivity index (χ4v) is 3.39. The van der Waals surface area contributed by atoms with E-state index in [-0.39, 0.29) is 18.0 Å². The van der Waals surface area contributed by atoms with Crippen LogP contribution in [0.3, 0.4) is 0 Å². The Morgan fingerprint density at radius 1 is 1.11 bits per heavy atom. The number of carbonyl (C=O) groups excluding carboxylic acids is 1. The second kappa shape index (κ2) is 6.72. The summed E-state index contributed by atoms with van der Waals surface area (Å²) >= 11 is 0. The minimum absolute atomic E-state index is 0.103. The van der Waals surface area contributed by atoms with Crippen molar-refractivity contribution in [3.8, 4) is 0 Å². The maximum absolute atomic E-state index is 13.0. The van der Waals surface area contributed by atoms with Gasteiger partial charge in [0, 0.05) is 30.7 Å². The number of hydrogen-bond acceptors (Lipinski definition) is 3. The number of carbonyl (C=O) groups is 1. The highest BCUT2D eigenvalue weighted by atomic mass is 16.2. The van der Waals surface area contributed by atoms with Crippen molar-refractivity contribution in [2.75, 3.05) is 7.05 Å². The number of rotatable bonds is 4. The van der Waals surface area contributed by atoms with Crippen LogP contribution < -0.4 is 5.56 Å². The van der Waals surface area contributed by atoms with Crippen LogP contribution in [0.4, 0.5) is 0 Å². The van der Waals surface area contributed by atoms with Gasteiger partial charge in [-0.1, -0.05) is 30.3 Å². The number of nitrogens with one attached hydrogen (secondary N) is 1. The van der Waals surface area contributed by atoms with Crippen molar-refractivity contribution in [3.05, 3.63) is 76.5 Å². The summed E-state index contributed by atoms with van der Waals surface area (Å²) in [6.07, 6.45) is 1.89. The van der Waals surface area contributed by atoms with Gasteiger partial charge in [0.2, 0.25) is 0 Å². The Morgan fingerprint density at radius 2 is 1.81 bits per heavy atom. The lowest BCUT2D eigenvalue weighted by Crippen LogP contribution is -2.28. The number of para-hydroxylation sites is 2. The molecule has 0 aliphatic carbocycles. The van der Waals surface area contributed by atoms with Gasteiger partial charge in [-0.15, -0.1) is 0 Å². The Bertz CT molecular complexity index is 1210. The van der Waals surface area contributed by atoms with E-state index in [0.717, 1.165) is 17.4 Å². The van der Waals surface area contributed by atoms with E-state index in [4.69, 9.17) is 0 Å². The van der Waals surface area contributed by atoms with Crippen LogP contribution in [0.1, 0.15) is 23.1 Å². The van der Waals surface area contributed by atoms with E-state index < -0.39 is 0 Å². The Morgan fingerprint density at radius 3 is 2.59 bits per heavy atom. The molecule has 4 rings (SSSR count). The Kier molecular flexibility index (Phi) is 4.24. The highest BCUT2D eigenvalue weighted by Crippen LogP contribution is 2.22. The van der Waals surface area contributed by atoms with E-state index in [1.807, 2.05) is 43.5 Å². The van der Waals surface area contributed by atoms with Gasteiger partial charge in [-0.05, 0) is 25.1 Å². The number of amides is 1. The van der Waals surface area contributed by atoms with Crippen molar-refractivity contribution in [3.63, 3.8) is 0 Å². The number of aromatic nitrogens is 3. The highest BCUT2D eigenvalue weighted by molar-refractivity contribution is 6.06. The van der Waals surface area contributed by atoms with Crippen LogP contribution >= 0.6 is 0 Å². The summed E-state index contributed by atoms with van der Waals surface area (Å²) in [7, 11) is 1.72. The van der Waals surface area contributed by atoms with Crippen molar-refractivity contribution in [1.82, 2.24) is 19.4 Å². The first-order valence-electron chi connectivity index (χ1n) is 8.89. The third-order valence-corrected chi connectivity index (χ3v) is 4.76. The molecule has 0 aliphatic heterocycles. The molecule has 0 fully saturated rings. The summed E-state index contributed by atoms with van der Waals surface area (Å²) in [4.78, 5) is 34.1. The van der Waals surface area contributed by atoms with Gasteiger partial charge < -0.3 is 14.5 Å². The molecule has 2 aromatic carbocycles. The number of H-pyrrole nitrogens is 1. The Balaban J connectivity index is 1.67. The molecule has 6 heteroatoms. The predicted octanol–water partition coefficient (Wildman–Crippen LogP) is 3.17. The molecule has 0 saturated heterocycles. The number of benzene rings is 2. The van der Waals surface area contributed by atoms with E-state index in [2.05, 4.69) is 14.5 Å². The molecular formula is C21H20N4O2. The maximum atomic E-state index is 13.0. The average molecular weight is 360 g/mol. The molecule has 2 aromatic heterocycles. The Labute approximate surface area is 156 Å². The SMILES string of the molecule is CCn1cc(C(=O)N(C)Cc2nc3ccccc3c(=O)[nH]2)c2ccccc21. The smallest absolute Gasteiger partial charge is 0.258 e. The van der Waals surface area contributed by atoms with Crippen molar-refractivity contribution in [1.29, 1.82) is 0 Å². The number of aromatic amines is 1. The van der Waals surface area contributed by atoms with E-state index in [1.54, 1.807) is 30.1 Å². The first-order valence-corrected chi connectivity index (χ1v) is 8.89. The van der Waals surface area contributed by atoms with Gasteiger partial charge in [-0.2, -0.15) is 0 Å². The zero-order chi connectivity index (χ0) is 19.0. The fourth-order valence-electron chi connectivity index (χ4n) is 3.39. The summed E-state index contributed by atoms with van der Waals surface area (Å²) in [5, 5.41) is 1.47. The minimum atomic E-state index is -0.195. The van der Waals surface area contributed by atoms with Crippen LogP contribution in [-0.2, 0) is 13.1 Å². The summed E-state index contributed by atoms with van der Waals surface area (Å²) in [6, 6.07) is 15.0. The van der Waals surface area contributed by atoms with Crippen LogP contribution in [0.15, 0.2) is 59.5 Å². The molecule has 0 aliphatic rings. The first-order chi connectivity index (χ1) is 13.1. The third-order valence-electron chi connectivity index (χ3n) is 4.76. The van der Waals surface area contributed by atoms with Crippen molar-refractivity contribution >= 4 is 27.7 Å². The lowest BCUT2D eigenvalue weighted by Gasteiger charge is -2.16.